The van der Waals surface area contributed by atoms with Crippen LogP contribution in [0.2, 0.25) is 0 Å². The van der Waals surface area contributed by atoms with Crippen LogP contribution in [0.15, 0.2) is 60.7 Å². The Kier molecular flexibility index (Phi) is 6.94. The summed E-state index contributed by atoms with van der Waals surface area (Å²) >= 11 is 5.43. The number of nitrogens with zero attached hydrogens (tertiary/aromatic N) is 2. The van der Waals surface area contributed by atoms with Gasteiger partial charge in [0.05, 0.1) is 12.1 Å². The van der Waals surface area contributed by atoms with Gasteiger partial charge in [-0.1, -0.05) is 79.8 Å². The van der Waals surface area contributed by atoms with E-state index in [1.54, 1.807) is 0 Å². The fourth-order valence-electron chi connectivity index (χ4n) is 3.92. The summed E-state index contributed by atoms with van der Waals surface area (Å²) in [5, 5.41) is 0. The Morgan fingerprint density at radius 3 is 1.77 bits per heavy atom. The fraction of sp³-hybridized carbons (Fsp3) is 0.409. The van der Waals surface area contributed by atoms with E-state index in [2.05, 4.69) is 91.0 Å². The van der Waals surface area contributed by atoms with E-state index in [1.165, 1.54) is 28.6 Å². The zero-order chi connectivity index (χ0) is 18.5. The predicted octanol–water partition coefficient (Wildman–Crippen LogP) is 6.22. The maximum Gasteiger partial charge on any atom is 0.0593 e. The number of rotatable bonds is 7. The van der Waals surface area contributed by atoms with Gasteiger partial charge in [0.2, 0.25) is 0 Å². The first-order valence-electron chi connectivity index (χ1n) is 9.48. The number of hydrogen-bond acceptors (Lipinski definition) is 3. The maximum atomic E-state index is 5.43. The minimum Gasteiger partial charge on any atom is -0.264 e. The molecule has 0 spiro atoms. The number of hydrogen-bond donors (Lipinski definition) is 0. The average molecular weight is 385 g/mol. The molecule has 2 aromatic carbocycles. The van der Waals surface area contributed by atoms with Crippen LogP contribution in [-0.4, -0.2) is 34.5 Å². The van der Waals surface area contributed by atoms with Crippen molar-refractivity contribution in [2.24, 2.45) is 0 Å². The van der Waals surface area contributed by atoms with Crippen LogP contribution < -0.4 is 0 Å². The first kappa shape index (κ1) is 19.6. The van der Waals surface area contributed by atoms with Gasteiger partial charge in [-0.2, -0.15) is 0 Å². The van der Waals surface area contributed by atoms with Crippen molar-refractivity contribution in [1.82, 2.24) is 9.34 Å². The lowest BCUT2D eigenvalue weighted by atomic mass is 9.93. The SMILES string of the molecule is CCC(=S)CCCP1N(C)[C@H](c2ccccc2)[C@@H](c2ccccc2)N1C. The minimum atomic E-state index is -0.322. The van der Waals surface area contributed by atoms with Crippen LogP contribution in [0.3, 0.4) is 0 Å². The summed E-state index contributed by atoms with van der Waals surface area (Å²) in [4.78, 5) is 1.21. The van der Waals surface area contributed by atoms with Gasteiger partial charge in [0, 0.05) is 8.22 Å². The Morgan fingerprint density at radius 1 is 0.885 bits per heavy atom. The Balaban J connectivity index is 1.86. The fourth-order valence-corrected chi connectivity index (χ4v) is 6.68. The third-order valence-electron chi connectivity index (χ3n) is 5.32. The molecule has 1 heterocycles. The van der Waals surface area contributed by atoms with Crippen LogP contribution in [0.4, 0.5) is 0 Å². The zero-order valence-electron chi connectivity index (χ0n) is 16.0. The maximum absolute atomic E-state index is 5.43. The van der Waals surface area contributed by atoms with E-state index in [9.17, 15) is 0 Å². The van der Waals surface area contributed by atoms with E-state index in [0.29, 0.717) is 12.1 Å². The van der Waals surface area contributed by atoms with Crippen molar-refractivity contribution in [3.63, 3.8) is 0 Å². The van der Waals surface area contributed by atoms with E-state index in [4.69, 9.17) is 12.2 Å². The van der Waals surface area contributed by atoms with Gasteiger partial charge >= 0.3 is 0 Å². The smallest absolute Gasteiger partial charge is 0.0593 e. The monoisotopic (exact) mass is 384 g/mol. The molecule has 0 aromatic heterocycles. The first-order chi connectivity index (χ1) is 12.6. The van der Waals surface area contributed by atoms with Crippen molar-refractivity contribution in [3.8, 4) is 0 Å². The van der Waals surface area contributed by atoms with Crippen LogP contribution in [0.25, 0.3) is 0 Å². The molecule has 4 heteroatoms. The van der Waals surface area contributed by atoms with Crippen molar-refractivity contribution in [2.75, 3.05) is 20.3 Å². The molecule has 138 valence electrons. The van der Waals surface area contributed by atoms with Crippen LogP contribution in [0, 0.1) is 0 Å². The Labute approximate surface area is 165 Å². The highest BCUT2D eigenvalue weighted by Gasteiger charge is 2.44. The second-order valence-electron chi connectivity index (χ2n) is 6.95. The van der Waals surface area contributed by atoms with Crippen molar-refractivity contribution in [3.05, 3.63) is 71.8 Å². The molecule has 0 saturated carbocycles. The zero-order valence-corrected chi connectivity index (χ0v) is 17.7. The standard InChI is InChI=1S/C22H29N2PS/c1-4-20(26)16-11-17-25-23(2)21(18-12-7-5-8-13-18)22(24(25)3)19-14-9-6-10-15-19/h5-10,12-15,21-22H,4,11,16-17H2,1-3H3/t21-,22-/m1/s1. The highest BCUT2D eigenvalue weighted by molar-refractivity contribution is 7.80. The largest absolute Gasteiger partial charge is 0.264 e. The van der Waals surface area contributed by atoms with Gasteiger partial charge in [0.15, 0.2) is 0 Å². The molecule has 2 atom stereocenters. The van der Waals surface area contributed by atoms with Gasteiger partial charge < -0.3 is 0 Å². The molecule has 1 fully saturated rings. The Morgan fingerprint density at radius 2 is 1.35 bits per heavy atom. The molecule has 0 amide bonds. The molecule has 1 aliphatic heterocycles. The van der Waals surface area contributed by atoms with Crippen LogP contribution in [0.5, 0.6) is 0 Å². The van der Waals surface area contributed by atoms with E-state index in [-0.39, 0.29) is 8.22 Å². The molecule has 2 aromatic rings. The number of thiocarbonyl (C=S) groups is 1. The van der Waals surface area contributed by atoms with Crippen molar-refractivity contribution < 1.29 is 0 Å². The summed E-state index contributed by atoms with van der Waals surface area (Å²) in [5.74, 6) is 0. The van der Waals surface area contributed by atoms with Gasteiger partial charge in [-0.25, -0.2) is 0 Å². The third-order valence-corrected chi connectivity index (χ3v) is 8.49. The first-order valence-corrected chi connectivity index (χ1v) is 11.3. The lowest BCUT2D eigenvalue weighted by Gasteiger charge is -2.26. The summed E-state index contributed by atoms with van der Waals surface area (Å²) < 4.78 is 5.24. The summed E-state index contributed by atoms with van der Waals surface area (Å²) in [6.07, 6.45) is 4.52. The van der Waals surface area contributed by atoms with E-state index >= 15 is 0 Å². The highest BCUT2D eigenvalue weighted by atomic mass is 32.1. The van der Waals surface area contributed by atoms with E-state index < -0.39 is 0 Å². The van der Waals surface area contributed by atoms with Crippen LogP contribution >= 0.6 is 20.4 Å². The van der Waals surface area contributed by atoms with Gasteiger partial charge in [0.1, 0.15) is 0 Å². The molecule has 1 saturated heterocycles. The van der Waals surface area contributed by atoms with E-state index in [1.807, 2.05) is 0 Å². The summed E-state index contributed by atoms with van der Waals surface area (Å²) in [6, 6.07) is 22.7. The summed E-state index contributed by atoms with van der Waals surface area (Å²) in [6.45, 7) is 2.17. The molecule has 0 aliphatic carbocycles. The quantitative estimate of drug-likeness (QED) is 0.413. The second kappa shape index (κ2) is 9.19. The average Bonchev–Trinajstić information content (AvgIpc) is 2.93. The molecular formula is C22H29N2PS. The summed E-state index contributed by atoms with van der Waals surface area (Å²) in [5.41, 5.74) is 2.81. The van der Waals surface area contributed by atoms with Gasteiger partial charge in [0.25, 0.3) is 0 Å². The molecule has 0 N–H and O–H groups in total. The number of likely N-dealkylation sites (N-methyl/N-ethyl adjacent to an activating group) is 2. The van der Waals surface area contributed by atoms with Crippen molar-refractivity contribution in [1.29, 1.82) is 0 Å². The van der Waals surface area contributed by atoms with Gasteiger partial charge in [-0.3, -0.25) is 9.34 Å². The minimum absolute atomic E-state index is 0.322. The van der Waals surface area contributed by atoms with Crippen LogP contribution in [0.1, 0.15) is 49.4 Å². The van der Waals surface area contributed by atoms with Gasteiger partial charge in [-0.15, -0.1) is 0 Å². The summed E-state index contributed by atoms with van der Waals surface area (Å²) in [7, 11) is 4.29. The molecule has 3 rings (SSSR count). The van der Waals surface area contributed by atoms with Gasteiger partial charge in [-0.05, 0) is 55.5 Å². The molecule has 0 bridgehead atoms. The Bertz CT molecular complexity index is 655. The van der Waals surface area contributed by atoms with Crippen LogP contribution in [-0.2, 0) is 0 Å². The lowest BCUT2D eigenvalue weighted by molar-refractivity contribution is 0.316. The lowest BCUT2D eigenvalue weighted by Crippen LogP contribution is -2.20. The molecular weight excluding hydrogens is 355 g/mol. The molecule has 26 heavy (non-hydrogen) atoms. The number of benzene rings is 2. The molecule has 2 nitrogen and oxygen atoms in total. The van der Waals surface area contributed by atoms with Crippen molar-refractivity contribution in [2.45, 2.75) is 38.3 Å². The van der Waals surface area contributed by atoms with Crippen molar-refractivity contribution >= 4 is 25.3 Å². The Hall–Kier alpha value is -1.12. The topological polar surface area (TPSA) is 6.48 Å². The third kappa shape index (κ3) is 4.23. The highest BCUT2D eigenvalue weighted by Crippen LogP contribution is 2.62. The normalized spacial score (nSPS) is 22.0. The molecule has 0 unspecified atom stereocenters. The molecule has 0 radical (unpaired) electrons. The predicted molar refractivity (Wildman–Crippen MR) is 118 cm³/mol. The van der Waals surface area contributed by atoms with E-state index in [0.717, 1.165) is 12.8 Å². The second-order valence-corrected chi connectivity index (χ2v) is 9.98. The molecule has 1 aliphatic rings.